The Balaban J connectivity index is 2.23. The van der Waals surface area contributed by atoms with Gasteiger partial charge in [-0.1, -0.05) is 37.0 Å². The molecule has 1 aromatic rings. The van der Waals surface area contributed by atoms with Crippen LogP contribution in [0.3, 0.4) is 0 Å². The second kappa shape index (κ2) is 5.02. The molecule has 1 aliphatic rings. The maximum absolute atomic E-state index is 6.31. The Morgan fingerprint density at radius 1 is 1.19 bits per heavy atom. The standard InChI is InChI=1S/C13H15BCl2/c1-2-8-3-5-9(6-4-8)12-10(15)7-11(16)13(12)14/h3-6,10-13H,2,7H2,1H3. The minimum Gasteiger partial charge on any atom is -0.123 e. The van der Waals surface area contributed by atoms with Crippen molar-refractivity contribution in [3.63, 3.8) is 0 Å². The highest BCUT2D eigenvalue weighted by atomic mass is 35.5. The van der Waals surface area contributed by atoms with Crippen molar-refractivity contribution < 1.29 is 0 Å². The van der Waals surface area contributed by atoms with Crippen LogP contribution in [0.15, 0.2) is 24.3 Å². The summed E-state index contributed by atoms with van der Waals surface area (Å²) in [6, 6.07) is 8.56. The topological polar surface area (TPSA) is 0 Å². The summed E-state index contributed by atoms with van der Waals surface area (Å²) >= 11 is 12.5. The van der Waals surface area contributed by atoms with Gasteiger partial charge in [0, 0.05) is 10.8 Å². The van der Waals surface area contributed by atoms with Crippen molar-refractivity contribution in [2.24, 2.45) is 0 Å². The smallest absolute Gasteiger partial charge is 0.0728 e. The van der Waals surface area contributed by atoms with Gasteiger partial charge in [-0.2, -0.15) is 0 Å². The molecule has 1 aromatic carbocycles. The van der Waals surface area contributed by atoms with Crippen LogP contribution in [0.4, 0.5) is 0 Å². The van der Waals surface area contributed by atoms with E-state index in [2.05, 4.69) is 31.2 Å². The quantitative estimate of drug-likeness (QED) is 0.553. The van der Waals surface area contributed by atoms with Gasteiger partial charge in [-0.05, 0) is 29.9 Å². The zero-order valence-corrected chi connectivity index (χ0v) is 10.9. The minimum atomic E-state index is -0.0309. The summed E-state index contributed by atoms with van der Waals surface area (Å²) in [6.07, 6.45) is 1.85. The van der Waals surface area contributed by atoms with Crippen molar-refractivity contribution in [1.82, 2.24) is 0 Å². The molecule has 0 saturated heterocycles. The molecule has 2 rings (SSSR count). The van der Waals surface area contributed by atoms with Gasteiger partial charge in [-0.3, -0.25) is 0 Å². The molecule has 0 aliphatic heterocycles. The van der Waals surface area contributed by atoms with Crippen molar-refractivity contribution in [3.8, 4) is 0 Å². The van der Waals surface area contributed by atoms with Gasteiger partial charge in [0.1, 0.15) is 0 Å². The molecule has 0 N–H and O–H groups in total. The molecule has 2 radical (unpaired) electrons. The van der Waals surface area contributed by atoms with Crippen LogP contribution in [0.1, 0.15) is 30.4 Å². The van der Waals surface area contributed by atoms with Gasteiger partial charge in [0.25, 0.3) is 0 Å². The third kappa shape index (κ3) is 2.26. The predicted molar refractivity (Wildman–Crippen MR) is 72.0 cm³/mol. The van der Waals surface area contributed by atoms with E-state index in [1.54, 1.807) is 0 Å². The van der Waals surface area contributed by atoms with E-state index in [1.807, 2.05) is 0 Å². The molecule has 0 heterocycles. The zero-order chi connectivity index (χ0) is 11.7. The fourth-order valence-electron chi connectivity index (χ4n) is 2.39. The summed E-state index contributed by atoms with van der Waals surface area (Å²) in [5.41, 5.74) is 2.55. The van der Waals surface area contributed by atoms with Crippen LogP contribution in [0.25, 0.3) is 0 Å². The molecule has 0 bridgehead atoms. The first-order valence-corrected chi connectivity index (χ1v) is 6.63. The van der Waals surface area contributed by atoms with Gasteiger partial charge in [0.2, 0.25) is 0 Å². The maximum atomic E-state index is 6.31. The molecule has 1 fully saturated rings. The Morgan fingerprint density at radius 3 is 2.25 bits per heavy atom. The van der Waals surface area contributed by atoms with Gasteiger partial charge in [-0.15, -0.1) is 23.2 Å². The molecule has 4 unspecified atom stereocenters. The summed E-state index contributed by atoms with van der Waals surface area (Å²) < 4.78 is 0. The minimum absolute atomic E-state index is 0.00153. The molecule has 1 aliphatic carbocycles. The Hall–Kier alpha value is -0.135. The lowest BCUT2D eigenvalue weighted by Crippen LogP contribution is -2.11. The van der Waals surface area contributed by atoms with Crippen molar-refractivity contribution >= 4 is 31.0 Å². The van der Waals surface area contributed by atoms with Crippen molar-refractivity contribution in [3.05, 3.63) is 35.4 Å². The number of hydrogen-bond donors (Lipinski definition) is 0. The van der Waals surface area contributed by atoms with Crippen LogP contribution in [-0.4, -0.2) is 18.6 Å². The Morgan fingerprint density at radius 2 is 1.81 bits per heavy atom. The SMILES string of the molecule is [B]C1C(Cl)CC(Cl)C1c1ccc(CC)cc1. The first kappa shape index (κ1) is 12.3. The monoisotopic (exact) mass is 252 g/mol. The van der Waals surface area contributed by atoms with Crippen LogP contribution in [0.2, 0.25) is 5.82 Å². The predicted octanol–water partition coefficient (Wildman–Crippen LogP) is 3.91. The van der Waals surface area contributed by atoms with E-state index in [1.165, 1.54) is 11.1 Å². The average molecular weight is 253 g/mol. The molecule has 0 spiro atoms. The van der Waals surface area contributed by atoms with E-state index < -0.39 is 0 Å². The van der Waals surface area contributed by atoms with Gasteiger partial charge in [0.15, 0.2) is 0 Å². The summed E-state index contributed by atoms with van der Waals surface area (Å²) in [5, 5.41) is 0.0586. The summed E-state index contributed by atoms with van der Waals surface area (Å²) in [7, 11) is 6.10. The molecular weight excluding hydrogens is 238 g/mol. The second-order valence-electron chi connectivity index (χ2n) is 4.47. The summed E-state index contributed by atoms with van der Waals surface area (Å²) in [5.74, 6) is 0.159. The van der Waals surface area contributed by atoms with Crippen LogP contribution in [0, 0.1) is 0 Å². The first-order chi connectivity index (χ1) is 7.63. The van der Waals surface area contributed by atoms with E-state index in [9.17, 15) is 0 Å². The van der Waals surface area contributed by atoms with Crippen LogP contribution in [-0.2, 0) is 6.42 Å². The van der Waals surface area contributed by atoms with Gasteiger partial charge >= 0.3 is 0 Å². The fourth-order valence-corrected chi connectivity index (χ4v) is 3.34. The lowest BCUT2D eigenvalue weighted by atomic mass is 9.75. The number of aryl methyl sites for hydroxylation is 1. The average Bonchev–Trinajstić information content (AvgIpc) is 2.54. The van der Waals surface area contributed by atoms with Crippen LogP contribution >= 0.6 is 23.2 Å². The molecule has 3 heteroatoms. The highest BCUT2D eigenvalue weighted by Gasteiger charge is 2.38. The number of hydrogen-bond acceptors (Lipinski definition) is 0. The van der Waals surface area contributed by atoms with Crippen molar-refractivity contribution in [1.29, 1.82) is 0 Å². The summed E-state index contributed by atoms with van der Waals surface area (Å²) in [6.45, 7) is 2.15. The number of benzene rings is 1. The zero-order valence-electron chi connectivity index (χ0n) is 9.37. The molecule has 84 valence electrons. The van der Waals surface area contributed by atoms with Gasteiger partial charge in [-0.25, -0.2) is 0 Å². The molecule has 0 amide bonds. The fraction of sp³-hybridized carbons (Fsp3) is 0.538. The second-order valence-corrected chi connectivity index (χ2v) is 5.59. The van der Waals surface area contributed by atoms with E-state index in [4.69, 9.17) is 31.0 Å². The van der Waals surface area contributed by atoms with Gasteiger partial charge < -0.3 is 0 Å². The molecule has 4 atom stereocenters. The Kier molecular flexibility index (Phi) is 3.87. The Bertz CT molecular complexity index is 349. The van der Waals surface area contributed by atoms with E-state index in [-0.39, 0.29) is 22.5 Å². The normalized spacial score (nSPS) is 34.2. The molecule has 16 heavy (non-hydrogen) atoms. The van der Waals surface area contributed by atoms with Crippen LogP contribution < -0.4 is 0 Å². The molecule has 0 aromatic heterocycles. The first-order valence-electron chi connectivity index (χ1n) is 5.76. The van der Waals surface area contributed by atoms with Crippen molar-refractivity contribution in [2.45, 2.75) is 42.3 Å². The molecule has 0 nitrogen and oxygen atoms in total. The number of alkyl halides is 2. The summed E-state index contributed by atoms with van der Waals surface area (Å²) in [4.78, 5) is 0. The maximum Gasteiger partial charge on any atom is 0.0728 e. The lowest BCUT2D eigenvalue weighted by molar-refractivity contribution is 0.728. The van der Waals surface area contributed by atoms with Gasteiger partial charge in [0.05, 0.1) is 7.85 Å². The highest BCUT2D eigenvalue weighted by molar-refractivity contribution is 6.30. The van der Waals surface area contributed by atoms with Crippen molar-refractivity contribution in [2.75, 3.05) is 0 Å². The van der Waals surface area contributed by atoms with Crippen LogP contribution in [0.5, 0.6) is 0 Å². The lowest BCUT2D eigenvalue weighted by Gasteiger charge is -2.20. The third-order valence-corrected chi connectivity index (χ3v) is 4.36. The largest absolute Gasteiger partial charge is 0.123 e. The third-order valence-electron chi connectivity index (χ3n) is 3.45. The number of halogens is 2. The van der Waals surface area contributed by atoms with E-state index >= 15 is 0 Å². The highest BCUT2D eigenvalue weighted by Crippen LogP contribution is 2.47. The molecular formula is C13H15BCl2. The van der Waals surface area contributed by atoms with E-state index in [0.29, 0.717) is 0 Å². The van der Waals surface area contributed by atoms with E-state index in [0.717, 1.165) is 12.8 Å². The number of rotatable bonds is 2. The molecule has 1 saturated carbocycles. The Labute approximate surface area is 109 Å².